The standard InChI is InChI=1S/C18H29N3O2S.HI/c1-4-19-18(21-13-16-6-5-11-24-16)20-10-9-14-12-15(22-2)7-8-17(14)23-3;/h7-8,12,16H,4-6,9-11,13H2,1-3H3,(H2,19,20,21);1H. The van der Waals surface area contributed by atoms with Gasteiger partial charge in [0, 0.05) is 18.3 Å². The second kappa shape index (κ2) is 12.5. The third-order valence-corrected chi connectivity index (χ3v) is 5.38. The van der Waals surface area contributed by atoms with Crippen LogP contribution in [-0.4, -0.2) is 50.8 Å². The van der Waals surface area contributed by atoms with E-state index in [0.717, 1.165) is 49.1 Å². The molecule has 0 radical (unpaired) electrons. The van der Waals surface area contributed by atoms with Crippen LogP contribution < -0.4 is 20.1 Å². The van der Waals surface area contributed by atoms with Crippen LogP contribution in [0.1, 0.15) is 25.3 Å². The summed E-state index contributed by atoms with van der Waals surface area (Å²) in [6.45, 7) is 4.65. The Labute approximate surface area is 172 Å². The average Bonchev–Trinajstić information content (AvgIpc) is 3.13. The molecular weight excluding hydrogens is 449 g/mol. The maximum absolute atomic E-state index is 5.43. The topological polar surface area (TPSA) is 54.9 Å². The molecule has 7 heteroatoms. The monoisotopic (exact) mass is 479 g/mol. The Morgan fingerprint density at radius 1 is 1.28 bits per heavy atom. The van der Waals surface area contributed by atoms with Gasteiger partial charge >= 0.3 is 0 Å². The van der Waals surface area contributed by atoms with Crippen LogP contribution in [0.15, 0.2) is 23.2 Å². The molecule has 142 valence electrons. The molecule has 2 N–H and O–H groups in total. The van der Waals surface area contributed by atoms with Crippen LogP contribution in [0, 0.1) is 0 Å². The van der Waals surface area contributed by atoms with Gasteiger partial charge in [-0.2, -0.15) is 11.8 Å². The van der Waals surface area contributed by atoms with E-state index in [1.165, 1.54) is 18.6 Å². The lowest BCUT2D eigenvalue weighted by Crippen LogP contribution is -2.38. The second-order valence-corrected chi connectivity index (χ2v) is 7.12. The number of methoxy groups -OCH3 is 2. The molecule has 0 saturated carbocycles. The van der Waals surface area contributed by atoms with Crippen molar-refractivity contribution in [2.75, 3.05) is 39.6 Å². The Hall–Kier alpha value is -0.830. The zero-order chi connectivity index (χ0) is 17.2. The van der Waals surface area contributed by atoms with Crippen molar-refractivity contribution in [3.05, 3.63) is 23.8 Å². The number of ether oxygens (including phenoxy) is 2. The number of benzene rings is 1. The highest BCUT2D eigenvalue weighted by atomic mass is 127. The summed E-state index contributed by atoms with van der Waals surface area (Å²) in [5.41, 5.74) is 1.13. The first kappa shape index (κ1) is 22.2. The highest BCUT2D eigenvalue weighted by Gasteiger charge is 2.15. The zero-order valence-corrected chi connectivity index (χ0v) is 18.5. The SMILES string of the molecule is CCNC(=NCC1CCCS1)NCCc1cc(OC)ccc1OC.I. The van der Waals surface area contributed by atoms with Gasteiger partial charge in [-0.3, -0.25) is 4.99 Å². The third-order valence-electron chi connectivity index (χ3n) is 4.00. The first-order valence-corrected chi connectivity index (χ1v) is 9.66. The van der Waals surface area contributed by atoms with Crippen molar-refractivity contribution >= 4 is 41.7 Å². The lowest BCUT2D eigenvalue weighted by atomic mass is 10.1. The molecule has 1 aliphatic rings. The minimum atomic E-state index is 0. The van der Waals surface area contributed by atoms with Crippen molar-refractivity contribution in [2.45, 2.75) is 31.4 Å². The number of aliphatic imine (C=N–C) groups is 1. The van der Waals surface area contributed by atoms with Gasteiger partial charge in [0.1, 0.15) is 11.5 Å². The number of rotatable bonds is 8. The van der Waals surface area contributed by atoms with Gasteiger partial charge in [-0.05, 0) is 55.7 Å². The Kier molecular flexibility index (Phi) is 11.1. The van der Waals surface area contributed by atoms with Gasteiger partial charge < -0.3 is 20.1 Å². The minimum Gasteiger partial charge on any atom is -0.497 e. The van der Waals surface area contributed by atoms with Crippen LogP contribution >= 0.6 is 35.7 Å². The zero-order valence-electron chi connectivity index (χ0n) is 15.3. The van der Waals surface area contributed by atoms with Crippen molar-refractivity contribution in [1.82, 2.24) is 10.6 Å². The molecule has 0 amide bonds. The molecule has 0 aliphatic carbocycles. The van der Waals surface area contributed by atoms with Gasteiger partial charge in [0.05, 0.1) is 20.8 Å². The highest BCUT2D eigenvalue weighted by Crippen LogP contribution is 2.26. The number of thioether (sulfide) groups is 1. The Morgan fingerprint density at radius 2 is 2.12 bits per heavy atom. The molecule has 1 aromatic rings. The van der Waals surface area contributed by atoms with E-state index < -0.39 is 0 Å². The molecule has 1 unspecified atom stereocenters. The van der Waals surface area contributed by atoms with Gasteiger partial charge in [0.25, 0.3) is 0 Å². The summed E-state index contributed by atoms with van der Waals surface area (Å²) >= 11 is 2.04. The van der Waals surface area contributed by atoms with Crippen LogP contribution in [0.3, 0.4) is 0 Å². The Morgan fingerprint density at radius 3 is 2.76 bits per heavy atom. The maximum atomic E-state index is 5.43. The summed E-state index contributed by atoms with van der Waals surface area (Å²) in [6, 6.07) is 5.89. The molecule has 0 aromatic heterocycles. The van der Waals surface area contributed by atoms with E-state index in [1.807, 2.05) is 30.0 Å². The molecule has 1 aromatic carbocycles. The lowest BCUT2D eigenvalue weighted by Gasteiger charge is -2.14. The number of guanidine groups is 1. The van der Waals surface area contributed by atoms with Crippen molar-refractivity contribution in [1.29, 1.82) is 0 Å². The van der Waals surface area contributed by atoms with Crippen molar-refractivity contribution in [3.8, 4) is 11.5 Å². The van der Waals surface area contributed by atoms with E-state index in [2.05, 4.69) is 17.6 Å². The quantitative estimate of drug-likeness (QED) is 0.341. The van der Waals surface area contributed by atoms with Crippen LogP contribution in [0.2, 0.25) is 0 Å². The molecule has 1 aliphatic heterocycles. The molecule has 1 saturated heterocycles. The van der Waals surface area contributed by atoms with Gasteiger partial charge in [-0.25, -0.2) is 0 Å². The molecule has 2 rings (SSSR count). The molecule has 1 fully saturated rings. The predicted molar refractivity (Wildman–Crippen MR) is 118 cm³/mol. The molecule has 0 bridgehead atoms. The molecule has 25 heavy (non-hydrogen) atoms. The lowest BCUT2D eigenvalue weighted by molar-refractivity contribution is 0.398. The van der Waals surface area contributed by atoms with E-state index in [0.29, 0.717) is 5.25 Å². The van der Waals surface area contributed by atoms with Crippen LogP contribution in [0.5, 0.6) is 11.5 Å². The first-order valence-electron chi connectivity index (χ1n) is 8.61. The molecule has 1 heterocycles. The molecule has 1 atom stereocenters. The fraction of sp³-hybridized carbons (Fsp3) is 0.611. The third kappa shape index (κ3) is 7.52. The van der Waals surface area contributed by atoms with E-state index in [-0.39, 0.29) is 24.0 Å². The fourth-order valence-corrected chi connectivity index (χ4v) is 3.90. The summed E-state index contributed by atoms with van der Waals surface area (Å²) in [6.07, 6.45) is 3.46. The van der Waals surface area contributed by atoms with Crippen LogP contribution in [0.4, 0.5) is 0 Å². The summed E-state index contributed by atoms with van der Waals surface area (Å²) in [5.74, 6) is 3.91. The number of nitrogens with one attached hydrogen (secondary N) is 2. The minimum absolute atomic E-state index is 0. The van der Waals surface area contributed by atoms with E-state index in [4.69, 9.17) is 14.5 Å². The number of halogens is 1. The summed E-state index contributed by atoms with van der Waals surface area (Å²) in [4.78, 5) is 4.72. The van der Waals surface area contributed by atoms with E-state index in [1.54, 1.807) is 14.2 Å². The van der Waals surface area contributed by atoms with E-state index in [9.17, 15) is 0 Å². The molecule has 5 nitrogen and oxygen atoms in total. The van der Waals surface area contributed by atoms with Crippen molar-refractivity contribution in [3.63, 3.8) is 0 Å². The average molecular weight is 479 g/mol. The van der Waals surface area contributed by atoms with E-state index >= 15 is 0 Å². The number of hydrogen-bond donors (Lipinski definition) is 2. The number of hydrogen-bond acceptors (Lipinski definition) is 4. The molecule has 0 spiro atoms. The van der Waals surface area contributed by atoms with Crippen molar-refractivity contribution in [2.24, 2.45) is 4.99 Å². The normalized spacial score (nSPS) is 16.9. The summed E-state index contributed by atoms with van der Waals surface area (Å²) in [7, 11) is 3.38. The van der Waals surface area contributed by atoms with Gasteiger partial charge in [0.15, 0.2) is 5.96 Å². The summed E-state index contributed by atoms with van der Waals surface area (Å²) < 4.78 is 10.7. The van der Waals surface area contributed by atoms with Gasteiger partial charge in [-0.15, -0.1) is 24.0 Å². The largest absolute Gasteiger partial charge is 0.497 e. The summed E-state index contributed by atoms with van der Waals surface area (Å²) in [5, 5.41) is 7.41. The Balaban J connectivity index is 0.00000312. The van der Waals surface area contributed by atoms with Gasteiger partial charge in [-0.1, -0.05) is 0 Å². The first-order chi connectivity index (χ1) is 11.8. The fourth-order valence-electron chi connectivity index (χ4n) is 2.72. The van der Waals surface area contributed by atoms with Crippen LogP contribution in [-0.2, 0) is 6.42 Å². The van der Waals surface area contributed by atoms with Crippen molar-refractivity contribution < 1.29 is 9.47 Å². The van der Waals surface area contributed by atoms with Gasteiger partial charge in [0.2, 0.25) is 0 Å². The Bertz CT molecular complexity index is 537. The smallest absolute Gasteiger partial charge is 0.191 e. The number of nitrogens with zero attached hydrogens (tertiary/aromatic N) is 1. The van der Waals surface area contributed by atoms with Crippen LogP contribution in [0.25, 0.3) is 0 Å². The highest BCUT2D eigenvalue weighted by molar-refractivity contribution is 14.0. The second-order valence-electron chi connectivity index (χ2n) is 5.71. The predicted octanol–water partition coefficient (Wildman–Crippen LogP) is 3.32. The molecular formula is C18H30IN3O2S. The maximum Gasteiger partial charge on any atom is 0.191 e.